The fourth-order valence-electron chi connectivity index (χ4n) is 2.71. The summed E-state index contributed by atoms with van der Waals surface area (Å²) in [7, 11) is 0. The average molecular weight is 340 g/mol. The van der Waals surface area contributed by atoms with E-state index >= 15 is 0 Å². The number of pyridine rings is 1. The van der Waals surface area contributed by atoms with Crippen LogP contribution in [0.2, 0.25) is 0 Å². The summed E-state index contributed by atoms with van der Waals surface area (Å²) < 4.78 is 0.940. The summed E-state index contributed by atoms with van der Waals surface area (Å²) in [5, 5.41) is 0.992. The predicted octanol–water partition coefficient (Wildman–Crippen LogP) is 5.18. The SMILES string of the molecule is CC(=O)c1c(C)nc2c(Br)cccc2c1-c1ccccc1. The molecule has 0 spiro atoms. The molecule has 3 rings (SSSR count). The highest BCUT2D eigenvalue weighted by molar-refractivity contribution is 9.10. The van der Waals surface area contributed by atoms with Crippen LogP contribution in [0.25, 0.3) is 22.0 Å². The van der Waals surface area contributed by atoms with Gasteiger partial charge in [-0.3, -0.25) is 9.78 Å². The van der Waals surface area contributed by atoms with Gasteiger partial charge < -0.3 is 0 Å². The first kappa shape index (κ1) is 14.0. The molecule has 0 amide bonds. The lowest BCUT2D eigenvalue weighted by Crippen LogP contribution is -2.04. The van der Waals surface area contributed by atoms with E-state index in [2.05, 4.69) is 20.9 Å². The van der Waals surface area contributed by atoms with E-state index in [9.17, 15) is 4.79 Å². The van der Waals surface area contributed by atoms with Crippen molar-refractivity contribution in [3.8, 4) is 11.1 Å². The molecule has 1 heterocycles. The van der Waals surface area contributed by atoms with Gasteiger partial charge in [-0.05, 0) is 41.4 Å². The largest absolute Gasteiger partial charge is 0.294 e. The maximum absolute atomic E-state index is 12.1. The van der Waals surface area contributed by atoms with E-state index in [0.29, 0.717) is 5.56 Å². The number of aryl methyl sites for hydroxylation is 1. The Kier molecular flexibility index (Phi) is 3.60. The Bertz CT molecular complexity index is 841. The number of para-hydroxylation sites is 1. The molecule has 3 heteroatoms. The fraction of sp³-hybridized carbons (Fsp3) is 0.111. The van der Waals surface area contributed by atoms with Gasteiger partial charge in [0.1, 0.15) is 0 Å². The van der Waals surface area contributed by atoms with Crippen LogP contribution in [0.4, 0.5) is 0 Å². The number of hydrogen-bond acceptors (Lipinski definition) is 2. The Balaban J connectivity index is 2.52. The summed E-state index contributed by atoms with van der Waals surface area (Å²) in [6.07, 6.45) is 0. The third-order valence-electron chi connectivity index (χ3n) is 3.56. The Morgan fingerprint density at radius 1 is 1.05 bits per heavy atom. The normalized spacial score (nSPS) is 10.8. The van der Waals surface area contributed by atoms with Crippen LogP contribution < -0.4 is 0 Å². The zero-order chi connectivity index (χ0) is 15.0. The second-order valence-corrected chi connectivity index (χ2v) is 5.86. The lowest BCUT2D eigenvalue weighted by atomic mass is 9.92. The number of fused-ring (bicyclic) bond motifs is 1. The summed E-state index contributed by atoms with van der Waals surface area (Å²) in [5.74, 6) is 0.0423. The number of ketones is 1. The lowest BCUT2D eigenvalue weighted by molar-refractivity contribution is 0.101. The quantitative estimate of drug-likeness (QED) is 0.602. The van der Waals surface area contributed by atoms with Gasteiger partial charge in [0, 0.05) is 26.7 Å². The highest BCUT2D eigenvalue weighted by atomic mass is 79.9. The van der Waals surface area contributed by atoms with Gasteiger partial charge in [-0.2, -0.15) is 0 Å². The molecule has 0 saturated carbocycles. The van der Waals surface area contributed by atoms with E-state index in [1.165, 1.54) is 0 Å². The van der Waals surface area contributed by atoms with Gasteiger partial charge in [-0.15, -0.1) is 0 Å². The van der Waals surface area contributed by atoms with Gasteiger partial charge in [0.05, 0.1) is 5.52 Å². The molecule has 0 fully saturated rings. The molecule has 0 aliphatic heterocycles. The molecule has 0 aliphatic carbocycles. The Labute approximate surface area is 132 Å². The van der Waals surface area contributed by atoms with Gasteiger partial charge >= 0.3 is 0 Å². The second-order valence-electron chi connectivity index (χ2n) is 5.01. The number of carbonyl (C=O) groups excluding carboxylic acids is 1. The summed E-state index contributed by atoms with van der Waals surface area (Å²) in [5.41, 5.74) is 4.36. The first-order valence-corrected chi connectivity index (χ1v) is 7.54. The number of aromatic nitrogens is 1. The smallest absolute Gasteiger partial charge is 0.162 e. The van der Waals surface area contributed by atoms with Crippen molar-refractivity contribution in [2.75, 3.05) is 0 Å². The van der Waals surface area contributed by atoms with E-state index in [0.717, 1.165) is 32.2 Å². The molecular formula is C18H14BrNO. The highest BCUT2D eigenvalue weighted by Crippen LogP contribution is 2.35. The number of Topliss-reactive ketones (excluding diaryl/α,β-unsaturated/α-hetero) is 1. The molecule has 1 aromatic heterocycles. The first-order valence-electron chi connectivity index (χ1n) is 6.75. The van der Waals surface area contributed by atoms with E-state index < -0.39 is 0 Å². The van der Waals surface area contributed by atoms with Crippen LogP contribution in [0.5, 0.6) is 0 Å². The minimum Gasteiger partial charge on any atom is -0.294 e. The first-order chi connectivity index (χ1) is 10.1. The zero-order valence-corrected chi connectivity index (χ0v) is 13.4. The molecule has 0 N–H and O–H groups in total. The molecule has 0 saturated heterocycles. The van der Waals surface area contributed by atoms with Gasteiger partial charge in [0.15, 0.2) is 5.78 Å². The van der Waals surface area contributed by atoms with Crippen molar-refractivity contribution in [1.29, 1.82) is 0 Å². The molecule has 104 valence electrons. The van der Waals surface area contributed by atoms with Crippen LogP contribution in [-0.2, 0) is 0 Å². The van der Waals surface area contributed by atoms with Gasteiger partial charge in [0.25, 0.3) is 0 Å². The van der Waals surface area contributed by atoms with E-state index in [-0.39, 0.29) is 5.78 Å². The maximum Gasteiger partial charge on any atom is 0.162 e. The summed E-state index contributed by atoms with van der Waals surface area (Å²) >= 11 is 3.55. The second kappa shape index (κ2) is 5.41. The average Bonchev–Trinajstić information content (AvgIpc) is 2.47. The van der Waals surface area contributed by atoms with Gasteiger partial charge in [-0.25, -0.2) is 0 Å². The third-order valence-corrected chi connectivity index (χ3v) is 4.20. The van der Waals surface area contributed by atoms with Crippen molar-refractivity contribution in [3.63, 3.8) is 0 Å². The van der Waals surface area contributed by atoms with Crippen molar-refractivity contribution >= 4 is 32.6 Å². The Morgan fingerprint density at radius 3 is 2.43 bits per heavy atom. The monoisotopic (exact) mass is 339 g/mol. The summed E-state index contributed by atoms with van der Waals surface area (Å²) in [6, 6.07) is 16.0. The third kappa shape index (κ3) is 2.38. The number of rotatable bonds is 2. The number of nitrogens with zero attached hydrogens (tertiary/aromatic N) is 1. The molecule has 3 aromatic rings. The van der Waals surface area contributed by atoms with E-state index in [1.54, 1.807) is 6.92 Å². The number of benzene rings is 2. The van der Waals surface area contributed by atoms with Crippen LogP contribution in [0.15, 0.2) is 53.0 Å². The minimum atomic E-state index is 0.0423. The minimum absolute atomic E-state index is 0.0423. The maximum atomic E-state index is 12.1. The molecule has 2 nitrogen and oxygen atoms in total. The standard InChI is InChI=1S/C18H14BrNO/c1-11-16(12(2)21)17(13-7-4-3-5-8-13)14-9-6-10-15(19)18(14)20-11/h3-10H,1-2H3. The number of carbonyl (C=O) groups is 1. The number of halogens is 1. The van der Waals surface area contributed by atoms with Crippen molar-refractivity contribution in [1.82, 2.24) is 4.98 Å². The molecular weight excluding hydrogens is 326 g/mol. The molecule has 0 radical (unpaired) electrons. The van der Waals surface area contributed by atoms with Gasteiger partial charge in [0.2, 0.25) is 0 Å². The molecule has 2 aromatic carbocycles. The van der Waals surface area contributed by atoms with Crippen LogP contribution in [0.3, 0.4) is 0 Å². The van der Waals surface area contributed by atoms with Crippen LogP contribution in [0.1, 0.15) is 23.0 Å². The van der Waals surface area contributed by atoms with Gasteiger partial charge in [-0.1, -0.05) is 42.5 Å². The van der Waals surface area contributed by atoms with Crippen molar-refractivity contribution < 1.29 is 4.79 Å². The van der Waals surface area contributed by atoms with Crippen molar-refractivity contribution in [2.24, 2.45) is 0 Å². The zero-order valence-electron chi connectivity index (χ0n) is 11.9. The molecule has 21 heavy (non-hydrogen) atoms. The fourth-order valence-corrected chi connectivity index (χ4v) is 3.16. The molecule has 0 bridgehead atoms. The van der Waals surface area contributed by atoms with Crippen molar-refractivity contribution in [3.05, 3.63) is 64.3 Å². The topological polar surface area (TPSA) is 30.0 Å². The Hall–Kier alpha value is -2.00. The molecule has 0 unspecified atom stereocenters. The van der Waals surface area contributed by atoms with Crippen molar-refractivity contribution in [2.45, 2.75) is 13.8 Å². The van der Waals surface area contributed by atoms with Crippen LogP contribution in [-0.4, -0.2) is 10.8 Å². The lowest BCUT2D eigenvalue weighted by Gasteiger charge is -2.14. The van der Waals surface area contributed by atoms with E-state index in [1.807, 2.05) is 55.5 Å². The predicted molar refractivity (Wildman–Crippen MR) is 89.6 cm³/mol. The Morgan fingerprint density at radius 2 is 1.76 bits per heavy atom. The van der Waals surface area contributed by atoms with Crippen LogP contribution in [0, 0.1) is 6.92 Å². The highest BCUT2D eigenvalue weighted by Gasteiger charge is 2.18. The molecule has 0 atom stereocenters. The van der Waals surface area contributed by atoms with E-state index in [4.69, 9.17) is 0 Å². The summed E-state index contributed by atoms with van der Waals surface area (Å²) in [4.78, 5) is 16.8. The van der Waals surface area contributed by atoms with Crippen LogP contribution >= 0.6 is 15.9 Å². The number of hydrogen-bond donors (Lipinski definition) is 0. The molecule has 0 aliphatic rings. The summed E-state index contributed by atoms with van der Waals surface area (Å²) in [6.45, 7) is 3.49.